The van der Waals surface area contributed by atoms with Gasteiger partial charge < -0.3 is 4.57 Å². The smallest absolute Gasteiger partial charge is 0.247 e. The van der Waals surface area contributed by atoms with Crippen LogP contribution in [0.2, 0.25) is 0 Å². The lowest BCUT2D eigenvalue weighted by Gasteiger charge is -2.33. The van der Waals surface area contributed by atoms with Crippen LogP contribution in [-0.4, -0.2) is 11.3 Å². The molecule has 2 aliphatic heterocycles. The Hall–Kier alpha value is -3.26. The van der Waals surface area contributed by atoms with Crippen molar-refractivity contribution in [2.75, 3.05) is 0 Å². The molecular formula is C26H18BN. The summed E-state index contributed by atoms with van der Waals surface area (Å²) >= 11 is 0. The van der Waals surface area contributed by atoms with Crippen molar-refractivity contribution in [3.05, 3.63) is 95.6 Å². The summed E-state index contributed by atoms with van der Waals surface area (Å²) in [4.78, 5) is 0. The SMILES string of the molecule is Cc1ccc2c(c1)B1c3ccccc3-n3c4ccccc4c4ccc(c1c43)C2. The van der Waals surface area contributed by atoms with Gasteiger partial charge in [-0.05, 0) is 47.5 Å². The van der Waals surface area contributed by atoms with Gasteiger partial charge in [0.1, 0.15) is 0 Å². The first-order chi connectivity index (χ1) is 13.8. The predicted molar refractivity (Wildman–Crippen MR) is 119 cm³/mol. The van der Waals surface area contributed by atoms with Crippen molar-refractivity contribution in [2.45, 2.75) is 13.3 Å². The zero-order chi connectivity index (χ0) is 18.4. The van der Waals surface area contributed by atoms with Crippen molar-refractivity contribution in [3.63, 3.8) is 0 Å². The average molecular weight is 355 g/mol. The summed E-state index contributed by atoms with van der Waals surface area (Å²) in [7, 11) is 0. The molecule has 130 valence electrons. The van der Waals surface area contributed by atoms with Crippen molar-refractivity contribution >= 4 is 44.9 Å². The quantitative estimate of drug-likeness (QED) is 0.365. The molecule has 0 N–H and O–H groups in total. The lowest BCUT2D eigenvalue weighted by molar-refractivity contribution is 1.16. The molecular weight excluding hydrogens is 337 g/mol. The highest BCUT2D eigenvalue weighted by molar-refractivity contribution is 6.98. The molecule has 2 heteroatoms. The van der Waals surface area contributed by atoms with Crippen molar-refractivity contribution in [2.24, 2.45) is 0 Å². The van der Waals surface area contributed by atoms with Gasteiger partial charge in [-0.3, -0.25) is 0 Å². The highest BCUT2D eigenvalue weighted by Gasteiger charge is 2.38. The average Bonchev–Trinajstić information content (AvgIpc) is 3.08. The Morgan fingerprint density at radius 3 is 2.54 bits per heavy atom. The first-order valence-electron chi connectivity index (χ1n) is 10.0. The third-order valence-corrected chi connectivity index (χ3v) is 6.74. The van der Waals surface area contributed by atoms with Gasteiger partial charge in [0.05, 0.1) is 5.52 Å². The maximum absolute atomic E-state index is 2.51. The van der Waals surface area contributed by atoms with Gasteiger partial charge in [0, 0.05) is 22.0 Å². The Labute approximate surface area is 164 Å². The van der Waals surface area contributed by atoms with Gasteiger partial charge >= 0.3 is 0 Å². The minimum absolute atomic E-state index is 0.329. The summed E-state index contributed by atoms with van der Waals surface area (Å²) in [5.41, 5.74) is 12.8. The third-order valence-electron chi connectivity index (χ3n) is 6.74. The number of para-hydroxylation sites is 2. The molecule has 1 nitrogen and oxygen atoms in total. The van der Waals surface area contributed by atoms with Crippen LogP contribution in [0.25, 0.3) is 27.5 Å². The van der Waals surface area contributed by atoms with Gasteiger partial charge in [-0.15, -0.1) is 0 Å². The second-order valence-corrected chi connectivity index (χ2v) is 8.26. The van der Waals surface area contributed by atoms with Gasteiger partial charge in [0.2, 0.25) is 6.71 Å². The summed E-state index contributed by atoms with van der Waals surface area (Å²) < 4.78 is 2.51. The highest BCUT2D eigenvalue weighted by atomic mass is 15.0. The molecule has 0 saturated heterocycles. The van der Waals surface area contributed by atoms with Crippen LogP contribution < -0.4 is 16.4 Å². The van der Waals surface area contributed by atoms with E-state index in [-0.39, 0.29) is 0 Å². The standard InChI is InChI=1S/C26H18BN/c1-16-10-11-17-15-18-12-13-20-19-6-2-4-8-23(19)28-24-9-5-3-7-21(24)27(22(17)14-16)25(18)26(20)28/h2-14H,15H2,1H3. The fourth-order valence-corrected chi connectivity index (χ4v) is 5.61. The zero-order valence-electron chi connectivity index (χ0n) is 15.7. The van der Waals surface area contributed by atoms with Crippen LogP contribution in [0.15, 0.2) is 78.9 Å². The number of rotatable bonds is 0. The number of aromatic nitrogens is 1. The van der Waals surface area contributed by atoms with Crippen LogP contribution in [0, 0.1) is 6.92 Å². The van der Waals surface area contributed by atoms with Crippen LogP contribution in [0.3, 0.4) is 0 Å². The van der Waals surface area contributed by atoms with Crippen molar-refractivity contribution in [3.8, 4) is 5.69 Å². The third kappa shape index (κ3) is 1.65. The van der Waals surface area contributed by atoms with Crippen LogP contribution >= 0.6 is 0 Å². The van der Waals surface area contributed by atoms with E-state index in [9.17, 15) is 0 Å². The molecule has 4 aromatic carbocycles. The Balaban J connectivity index is 1.75. The van der Waals surface area contributed by atoms with E-state index in [0.717, 1.165) is 6.42 Å². The monoisotopic (exact) mass is 355 g/mol. The molecule has 5 aromatic rings. The molecule has 0 saturated carbocycles. The van der Waals surface area contributed by atoms with Crippen molar-refractivity contribution < 1.29 is 0 Å². The summed E-state index contributed by atoms with van der Waals surface area (Å²) in [5.74, 6) is 0. The highest BCUT2D eigenvalue weighted by Crippen LogP contribution is 2.35. The topological polar surface area (TPSA) is 4.93 Å². The van der Waals surface area contributed by atoms with E-state index in [1.807, 2.05) is 0 Å². The lowest BCUT2D eigenvalue weighted by atomic mass is 9.32. The molecule has 28 heavy (non-hydrogen) atoms. The maximum Gasteiger partial charge on any atom is 0.247 e. The molecule has 0 aliphatic carbocycles. The second-order valence-electron chi connectivity index (χ2n) is 8.26. The van der Waals surface area contributed by atoms with E-state index < -0.39 is 0 Å². The van der Waals surface area contributed by atoms with Crippen LogP contribution in [0.4, 0.5) is 0 Å². The molecule has 2 aliphatic rings. The van der Waals surface area contributed by atoms with E-state index in [1.54, 1.807) is 0 Å². The molecule has 0 amide bonds. The first-order valence-corrected chi connectivity index (χ1v) is 10.0. The zero-order valence-corrected chi connectivity index (χ0v) is 15.7. The van der Waals surface area contributed by atoms with Crippen LogP contribution in [0.5, 0.6) is 0 Å². The minimum Gasteiger partial charge on any atom is -0.310 e. The van der Waals surface area contributed by atoms with E-state index in [0.29, 0.717) is 6.71 Å². The normalized spacial score (nSPS) is 13.7. The summed E-state index contributed by atoms with van der Waals surface area (Å²) in [6.45, 7) is 2.54. The van der Waals surface area contributed by atoms with Gasteiger partial charge in [0.25, 0.3) is 0 Å². The fraction of sp³-hybridized carbons (Fsp3) is 0.0769. The molecule has 0 atom stereocenters. The van der Waals surface area contributed by atoms with E-state index in [1.165, 1.54) is 60.6 Å². The molecule has 0 radical (unpaired) electrons. The van der Waals surface area contributed by atoms with Gasteiger partial charge in [-0.25, -0.2) is 0 Å². The van der Waals surface area contributed by atoms with Crippen molar-refractivity contribution in [1.29, 1.82) is 0 Å². The Bertz CT molecular complexity index is 1460. The largest absolute Gasteiger partial charge is 0.310 e. The molecule has 0 bridgehead atoms. The summed E-state index contributed by atoms with van der Waals surface area (Å²) in [5, 5.41) is 2.73. The molecule has 7 rings (SSSR count). The fourth-order valence-electron chi connectivity index (χ4n) is 5.61. The number of aryl methyl sites for hydroxylation is 1. The first kappa shape index (κ1) is 14.8. The maximum atomic E-state index is 2.51. The van der Waals surface area contributed by atoms with Gasteiger partial charge in [-0.1, -0.05) is 77.8 Å². The number of hydrogen-bond donors (Lipinski definition) is 0. The van der Waals surface area contributed by atoms with Crippen molar-refractivity contribution in [1.82, 2.24) is 4.57 Å². The molecule has 1 aromatic heterocycles. The molecule has 3 heterocycles. The van der Waals surface area contributed by atoms with Crippen LogP contribution in [-0.2, 0) is 6.42 Å². The Morgan fingerprint density at radius 2 is 1.57 bits per heavy atom. The second kappa shape index (κ2) is 4.96. The van der Waals surface area contributed by atoms with E-state index in [4.69, 9.17) is 0 Å². The van der Waals surface area contributed by atoms with Gasteiger partial charge in [0.15, 0.2) is 0 Å². The molecule has 0 spiro atoms. The van der Waals surface area contributed by atoms with Crippen LogP contribution in [0.1, 0.15) is 16.7 Å². The van der Waals surface area contributed by atoms with E-state index in [2.05, 4.69) is 90.4 Å². The Kier molecular flexibility index (Phi) is 2.62. The summed E-state index contributed by atoms with van der Waals surface area (Å²) in [6, 6.07) is 29.6. The van der Waals surface area contributed by atoms with E-state index >= 15 is 0 Å². The predicted octanol–water partition coefficient (Wildman–Crippen LogP) is 3.83. The minimum atomic E-state index is 0.329. The number of hydrogen-bond acceptors (Lipinski definition) is 0. The Morgan fingerprint density at radius 1 is 0.750 bits per heavy atom. The summed E-state index contributed by atoms with van der Waals surface area (Å²) in [6.07, 6.45) is 1.03. The molecule has 0 unspecified atom stereocenters. The molecule has 0 fully saturated rings. The number of nitrogens with zero attached hydrogens (tertiary/aromatic N) is 1. The lowest BCUT2D eigenvalue weighted by Crippen LogP contribution is -2.60. The number of benzene rings is 4. The van der Waals surface area contributed by atoms with Gasteiger partial charge in [-0.2, -0.15) is 0 Å². The number of fused-ring (bicyclic) bond motifs is 8.